The summed E-state index contributed by atoms with van der Waals surface area (Å²) in [6.07, 6.45) is -7.74. The fourth-order valence-corrected chi connectivity index (χ4v) is 0.806. The van der Waals surface area contributed by atoms with Crippen molar-refractivity contribution in [2.24, 2.45) is 0 Å². The number of carbonyl (C=O) groups is 2. The predicted octanol–water partition coefficient (Wildman–Crippen LogP) is -3.51. The average molecular weight is 235 g/mol. The summed E-state index contributed by atoms with van der Waals surface area (Å²) in [5.41, 5.74) is -3.41. The van der Waals surface area contributed by atoms with Crippen molar-refractivity contribution in [3.05, 3.63) is 0 Å². The van der Waals surface area contributed by atoms with Crippen LogP contribution in [-0.4, -0.2) is 66.5 Å². The zero-order valence-corrected chi connectivity index (χ0v) is 7.68. The fourth-order valence-electron chi connectivity index (χ4n) is 0.806. The van der Waals surface area contributed by atoms with Crippen LogP contribution in [0.25, 0.3) is 0 Å². The Kier molecular flexibility index (Phi) is 4.34. The molecule has 16 heavy (non-hydrogen) atoms. The summed E-state index contributed by atoms with van der Waals surface area (Å²) < 4.78 is 0. The molecule has 0 bridgehead atoms. The predicted molar refractivity (Wildman–Crippen MR) is 43.9 cm³/mol. The first-order valence-corrected chi connectivity index (χ1v) is 3.82. The molecule has 0 unspecified atom stereocenters. The van der Waals surface area contributed by atoms with Gasteiger partial charge in [0.15, 0.2) is 6.10 Å². The van der Waals surface area contributed by atoms with E-state index < -0.39 is 35.9 Å². The van der Waals surface area contributed by atoms with Crippen LogP contribution in [0.4, 0.5) is 0 Å². The Morgan fingerprint density at radius 3 is 1.88 bits per heavy atom. The minimum absolute atomic E-state index is 0.794. The molecule has 6 N–H and O–H groups in total. The molecule has 0 aliphatic rings. The molecule has 0 aliphatic carbocycles. The second kappa shape index (κ2) is 4.86. The number of hydrogen-bond donors (Lipinski definition) is 6. The van der Waals surface area contributed by atoms with Crippen molar-refractivity contribution in [3.8, 4) is 6.07 Å². The Bertz CT molecular complexity index is 336. The van der Waals surface area contributed by atoms with Gasteiger partial charge in [-0.05, 0) is 0 Å². The third kappa shape index (κ3) is 2.44. The van der Waals surface area contributed by atoms with Crippen LogP contribution in [0.2, 0.25) is 0 Å². The molecule has 0 amide bonds. The molecule has 0 aliphatic heterocycles. The lowest BCUT2D eigenvalue weighted by Gasteiger charge is -2.27. The van der Waals surface area contributed by atoms with E-state index in [-0.39, 0.29) is 0 Å². The third-order valence-electron chi connectivity index (χ3n) is 1.82. The molecule has 0 spiro atoms. The topological polar surface area (TPSA) is 179 Å². The summed E-state index contributed by atoms with van der Waals surface area (Å²) in [6.45, 7) is 0. The number of nitriles is 1. The maximum atomic E-state index is 10.4. The number of aliphatic carboxylic acids is 2. The monoisotopic (exact) mass is 235 g/mol. The minimum Gasteiger partial charge on any atom is -0.479 e. The summed E-state index contributed by atoms with van der Waals surface area (Å²) >= 11 is 0. The van der Waals surface area contributed by atoms with E-state index in [1.807, 2.05) is 0 Å². The highest BCUT2D eigenvalue weighted by molar-refractivity contribution is 5.82. The largest absolute Gasteiger partial charge is 0.479 e. The summed E-state index contributed by atoms with van der Waals surface area (Å²) in [6, 6.07) is 0.794. The van der Waals surface area contributed by atoms with Gasteiger partial charge in [0.2, 0.25) is 0 Å². The molecule has 0 saturated carbocycles. The number of carboxylic acid groups (broad SMARTS) is 2. The van der Waals surface area contributed by atoms with Crippen LogP contribution in [0.15, 0.2) is 0 Å². The summed E-state index contributed by atoms with van der Waals surface area (Å²) in [4.78, 5) is 20.6. The first-order valence-electron chi connectivity index (χ1n) is 3.82. The lowest BCUT2D eigenvalue weighted by molar-refractivity contribution is -0.183. The van der Waals surface area contributed by atoms with Gasteiger partial charge in [-0.15, -0.1) is 0 Å². The van der Waals surface area contributed by atoms with Gasteiger partial charge in [0.25, 0.3) is 5.60 Å². The summed E-state index contributed by atoms with van der Waals surface area (Å²) in [7, 11) is 0. The normalized spacial score (nSPS) is 19.9. The van der Waals surface area contributed by atoms with Gasteiger partial charge < -0.3 is 30.6 Å². The molecule has 0 rings (SSSR count). The molecule has 9 heteroatoms. The lowest BCUT2D eigenvalue weighted by atomic mass is 9.91. The Labute approximate surface area is 88.4 Å². The van der Waals surface area contributed by atoms with Gasteiger partial charge in [0.05, 0.1) is 0 Å². The van der Waals surface area contributed by atoms with E-state index in [0.29, 0.717) is 0 Å². The van der Waals surface area contributed by atoms with E-state index in [1.165, 1.54) is 0 Å². The maximum Gasteiger partial charge on any atom is 0.353 e. The average Bonchev–Trinajstić information content (AvgIpc) is 2.24. The smallest absolute Gasteiger partial charge is 0.353 e. The zero-order chi connectivity index (χ0) is 13.1. The molecule has 0 aromatic heterocycles. The summed E-state index contributed by atoms with van der Waals surface area (Å²) in [5, 5.41) is 61.0. The minimum atomic E-state index is -3.41. The Morgan fingerprint density at radius 1 is 1.19 bits per heavy atom. The Hall–Kier alpha value is -1.73. The molecule has 0 saturated heterocycles. The number of aliphatic hydroxyl groups excluding tert-OH is 3. The molecule has 0 fully saturated rings. The van der Waals surface area contributed by atoms with Gasteiger partial charge in [-0.25, -0.2) is 9.59 Å². The van der Waals surface area contributed by atoms with Crippen LogP contribution in [-0.2, 0) is 9.59 Å². The van der Waals surface area contributed by atoms with Crippen molar-refractivity contribution in [1.29, 1.82) is 5.26 Å². The van der Waals surface area contributed by atoms with Gasteiger partial charge in [-0.3, -0.25) is 0 Å². The van der Waals surface area contributed by atoms with Crippen molar-refractivity contribution in [3.63, 3.8) is 0 Å². The number of nitrogens with zero attached hydrogens (tertiary/aromatic N) is 1. The van der Waals surface area contributed by atoms with Gasteiger partial charge in [-0.2, -0.15) is 5.26 Å². The van der Waals surface area contributed by atoms with Crippen molar-refractivity contribution >= 4 is 11.9 Å². The molecule has 0 heterocycles. The third-order valence-corrected chi connectivity index (χ3v) is 1.82. The number of aliphatic hydroxyl groups is 4. The maximum absolute atomic E-state index is 10.4. The van der Waals surface area contributed by atoms with Crippen molar-refractivity contribution in [2.45, 2.75) is 23.9 Å². The van der Waals surface area contributed by atoms with E-state index in [0.717, 1.165) is 6.07 Å². The molecule has 4 atom stereocenters. The standard InChI is InChI=1S/C7H9NO8/c8-1-7(16,6(14)15)4(11)2(9)3(10)5(12)13/h2-4,9-11,16H,(H,12,13)(H,14,15)/t2-,3-,4-,7+/m0/s1. The van der Waals surface area contributed by atoms with E-state index in [4.69, 9.17) is 35.9 Å². The molecule has 0 radical (unpaired) electrons. The Balaban J connectivity index is 5.06. The lowest BCUT2D eigenvalue weighted by Crippen LogP contribution is -2.57. The molecule has 0 aromatic rings. The van der Waals surface area contributed by atoms with Crippen molar-refractivity contribution in [1.82, 2.24) is 0 Å². The molecule has 9 nitrogen and oxygen atoms in total. The van der Waals surface area contributed by atoms with Crippen LogP contribution >= 0.6 is 0 Å². The van der Waals surface area contributed by atoms with E-state index in [9.17, 15) is 9.59 Å². The number of carboxylic acids is 2. The van der Waals surface area contributed by atoms with Crippen molar-refractivity contribution < 1.29 is 40.2 Å². The van der Waals surface area contributed by atoms with E-state index in [1.54, 1.807) is 0 Å². The quantitative estimate of drug-likeness (QED) is 0.263. The summed E-state index contributed by atoms with van der Waals surface area (Å²) in [5.74, 6) is -4.13. The zero-order valence-electron chi connectivity index (χ0n) is 7.68. The van der Waals surface area contributed by atoms with Crippen molar-refractivity contribution in [2.75, 3.05) is 0 Å². The Morgan fingerprint density at radius 2 is 1.62 bits per heavy atom. The van der Waals surface area contributed by atoms with Crippen LogP contribution < -0.4 is 0 Å². The number of rotatable bonds is 5. The SMILES string of the molecule is N#C[C@](O)(C(=O)O)[C@@H](O)[C@@H](O)[C@H](O)C(=O)O. The first-order chi connectivity index (χ1) is 7.18. The van der Waals surface area contributed by atoms with Crippen LogP contribution in [0.1, 0.15) is 0 Å². The molecular formula is C7H9NO8. The number of hydrogen-bond acceptors (Lipinski definition) is 7. The highest BCUT2D eigenvalue weighted by Gasteiger charge is 2.50. The second-order valence-corrected chi connectivity index (χ2v) is 2.90. The highest BCUT2D eigenvalue weighted by atomic mass is 16.4. The van der Waals surface area contributed by atoms with Crippen LogP contribution in [0.5, 0.6) is 0 Å². The van der Waals surface area contributed by atoms with E-state index in [2.05, 4.69) is 0 Å². The second-order valence-electron chi connectivity index (χ2n) is 2.90. The van der Waals surface area contributed by atoms with Gasteiger partial charge >= 0.3 is 11.9 Å². The first kappa shape index (κ1) is 14.3. The molecule has 90 valence electrons. The molecular weight excluding hydrogens is 226 g/mol. The molecule has 0 aromatic carbocycles. The highest BCUT2D eigenvalue weighted by Crippen LogP contribution is 2.16. The fraction of sp³-hybridized carbons (Fsp3) is 0.571. The van der Waals surface area contributed by atoms with Gasteiger partial charge in [-0.1, -0.05) is 0 Å². The van der Waals surface area contributed by atoms with Gasteiger partial charge in [0.1, 0.15) is 18.3 Å². The van der Waals surface area contributed by atoms with Crippen LogP contribution in [0.3, 0.4) is 0 Å². The van der Waals surface area contributed by atoms with Crippen LogP contribution in [0, 0.1) is 11.3 Å². The van der Waals surface area contributed by atoms with E-state index >= 15 is 0 Å². The van der Waals surface area contributed by atoms with Gasteiger partial charge in [0, 0.05) is 0 Å².